The number of nitrogens with zero attached hydrogens (tertiary/aromatic N) is 2. The van der Waals surface area contributed by atoms with Crippen molar-refractivity contribution in [1.82, 2.24) is 4.90 Å². The lowest BCUT2D eigenvalue weighted by atomic mass is 10.1. The molecule has 0 aromatic heterocycles. The number of likely N-dealkylation sites (N-methyl/N-ethyl adjacent to an activating group) is 1. The normalized spacial score (nSPS) is 12.3. The Kier molecular flexibility index (Phi) is 17.4. The Morgan fingerprint density at radius 1 is 0.881 bits per heavy atom. The van der Waals surface area contributed by atoms with Gasteiger partial charge in [-0.1, -0.05) is 42.8 Å². The van der Waals surface area contributed by atoms with E-state index in [1.54, 1.807) is 12.1 Å². The lowest BCUT2D eigenvalue weighted by Crippen LogP contribution is -2.44. The number of esters is 1. The van der Waals surface area contributed by atoms with Gasteiger partial charge < -0.3 is 14.5 Å². The zero-order valence-corrected chi connectivity index (χ0v) is 26.7. The molecule has 0 N–H and O–H groups in total. The Bertz CT molecular complexity index is 1230. The van der Waals surface area contributed by atoms with Crippen molar-refractivity contribution in [2.24, 2.45) is 0 Å². The Morgan fingerprint density at radius 3 is 1.90 bits per heavy atom. The summed E-state index contributed by atoms with van der Waals surface area (Å²) in [6.45, 7) is 18.8. The van der Waals surface area contributed by atoms with Gasteiger partial charge in [-0.25, -0.2) is 9.18 Å². The summed E-state index contributed by atoms with van der Waals surface area (Å²) in [5.74, 6) is -0.408. The number of aldehydes is 1. The number of anilines is 1. The van der Waals surface area contributed by atoms with Crippen LogP contribution in [0.5, 0.6) is 0 Å². The quantitative estimate of drug-likeness (QED) is 0.175. The summed E-state index contributed by atoms with van der Waals surface area (Å²) in [6, 6.07) is 19.9. The highest BCUT2D eigenvalue weighted by atomic mass is 19.1. The highest BCUT2D eigenvalue weighted by Crippen LogP contribution is 2.17. The third kappa shape index (κ3) is 14.2. The van der Waals surface area contributed by atoms with Crippen LogP contribution < -0.4 is 4.90 Å². The number of piperazine rings is 1. The Hall–Kier alpha value is -3.77. The average Bonchev–Trinajstić information content (AvgIpc) is 3.00. The van der Waals surface area contributed by atoms with Gasteiger partial charge in [0.1, 0.15) is 12.1 Å². The summed E-state index contributed by atoms with van der Waals surface area (Å²) in [7, 11) is 2.14. The molecule has 0 bridgehead atoms. The summed E-state index contributed by atoms with van der Waals surface area (Å²) in [5, 5.41) is 0. The monoisotopic (exact) mass is 576 g/mol. The van der Waals surface area contributed by atoms with E-state index < -0.39 is 0 Å². The van der Waals surface area contributed by atoms with E-state index in [0.717, 1.165) is 44.4 Å². The van der Waals surface area contributed by atoms with E-state index in [-0.39, 0.29) is 11.8 Å². The molecule has 1 aliphatic heterocycles. The predicted octanol–water partition coefficient (Wildman–Crippen LogP) is 8.09. The van der Waals surface area contributed by atoms with E-state index in [1.165, 1.54) is 40.1 Å². The molecule has 0 unspecified atom stereocenters. The van der Waals surface area contributed by atoms with Crippen molar-refractivity contribution in [2.75, 3.05) is 44.7 Å². The first-order valence-electron chi connectivity index (χ1n) is 14.6. The Labute approximate surface area is 253 Å². The predicted molar refractivity (Wildman–Crippen MR) is 174 cm³/mol. The maximum Gasteiger partial charge on any atom is 0.338 e. The maximum atomic E-state index is 12.2. The number of carbonyl (C=O) groups excluding carboxylic acids is 2. The van der Waals surface area contributed by atoms with Crippen molar-refractivity contribution in [3.8, 4) is 0 Å². The standard InChI is InChI=1S/C14H20N2O2.C9H10O.C8H9F.C5H10/c1-3-18-14(17)12-4-6-13(7-5-12)16-10-8-15(2)9-11-16;1-7-3-4-9(6-10)5-8(7)2;1-2-7-3-5-8(9)6-4-7;1-4-5(2)3/h4-7H,3,8-11H2,1-2H3;3-6H,1-2H3;3-6H,2H2,1H3;4H,1-3H3. The van der Waals surface area contributed by atoms with Gasteiger partial charge in [0.05, 0.1) is 12.2 Å². The van der Waals surface area contributed by atoms with Crippen molar-refractivity contribution in [3.05, 3.63) is 112 Å². The highest BCUT2D eigenvalue weighted by Gasteiger charge is 2.14. The molecule has 3 aromatic rings. The zero-order chi connectivity index (χ0) is 31.5. The number of aryl methyl sites for hydroxylation is 3. The molecule has 4 rings (SSSR count). The first kappa shape index (κ1) is 36.3. The van der Waals surface area contributed by atoms with Crippen molar-refractivity contribution < 1.29 is 18.7 Å². The molecule has 0 amide bonds. The molecule has 0 atom stereocenters. The van der Waals surface area contributed by atoms with Gasteiger partial charge in [0.2, 0.25) is 0 Å². The van der Waals surface area contributed by atoms with Gasteiger partial charge in [0.15, 0.2) is 0 Å². The fourth-order valence-corrected chi connectivity index (χ4v) is 3.65. The topological polar surface area (TPSA) is 49.9 Å². The van der Waals surface area contributed by atoms with E-state index in [2.05, 4.69) is 36.8 Å². The zero-order valence-electron chi connectivity index (χ0n) is 26.7. The summed E-state index contributed by atoms with van der Waals surface area (Å²) in [4.78, 5) is 26.5. The number of ether oxygens (including phenoxy) is 1. The minimum Gasteiger partial charge on any atom is -0.462 e. The fraction of sp³-hybridized carbons (Fsp3) is 0.389. The summed E-state index contributed by atoms with van der Waals surface area (Å²) in [5.41, 5.74) is 7.51. The van der Waals surface area contributed by atoms with Gasteiger partial charge in [-0.2, -0.15) is 0 Å². The third-order valence-corrected chi connectivity index (χ3v) is 6.81. The number of rotatable bonds is 5. The van der Waals surface area contributed by atoms with E-state index in [1.807, 2.05) is 77.1 Å². The van der Waals surface area contributed by atoms with Gasteiger partial charge in [-0.15, -0.1) is 0 Å². The summed E-state index contributed by atoms with van der Waals surface area (Å²) >= 11 is 0. The van der Waals surface area contributed by atoms with Gasteiger partial charge >= 0.3 is 5.97 Å². The van der Waals surface area contributed by atoms with Crippen LogP contribution >= 0.6 is 0 Å². The van der Waals surface area contributed by atoms with Crippen LogP contribution in [-0.2, 0) is 11.2 Å². The van der Waals surface area contributed by atoms with Crippen LogP contribution in [-0.4, -0.2) is 57.0 Å². The molecule has 5 nitrogen and oxygen atoms in total. The van der Waals surface area contributed by atoms with Gasteiger partial charge in [-0.05, 0) is 114 Å². The molecule has 1 saturated heterocycles. The number of hydrogen-bond donors (Lipinski definition) is 0. The van der Waals surface area contributed by atoms with Crippen molar-refractivity contribution in [2.45, 2.75) is 54.9 Å². The van der Waals surface area contributed by atoms with E-state index in [9.17, 15) is 14.0 Å². The fourth-order valence-electron chi connectivity index (χ4n) is 3.65. The lowest BCUT2D eigenvalue weighted by molar-refractivity contribution is 0.0526. The summed E-state index contributed by atoms with van der Waals surface area (Å²) < 4.78 is 17.2. The van der Waals surface area contributed by atoms with Gasteiger partial charge in [0.25, 0.3) is 0 Å². The first-order valence-corrected chi connectivity index (χ1v) is 14.6. The molecule has 6 heteroatoms. The molecule has 228 valence electrons. The van der Waals surface area contributed by atoms with Crippen LogP contribution in [0.3, 0.4) is 0 Å². The molecule has 0 aliphatic carbocycles. The molecule has 42 heavy (non-hydrogen) atoms. The van der Waals surface area contributed by atoms with Crippen molar-refractivity contribution in [3.63, 3.8) is 0 Å². The van der Waals surface area contributed by atoms with Crippen LogP contribution in [0, 0.1) is 19.7 Å². The summed E-state index contributed by atoms with van der Waals surface area (Å²) in [6.07, 6.45) is 3.92. The molecule has 1 heterocycles. The maximum absolute atomic E-state index is 12.2. The lowest BCUT2D eigenvalue weighted by Gasteiger charge is -2.34. The van der Waals surface area contributed by atoms with Crippen molar-refractivity contribution in [1.29, 1.82) is 0 Å². The number of halogens is 1. The SMILES string of the molecule is CC=C(C)C.CCOC(=O)c1ccc(N2CCN(C)CC2)cc1.CCc1ccc(F)cc1.Cc1ccc(C=O)cc1C. The van der Waals surface area contributed by atoms with Crippen LogP contribution in [0.1, 0.15) is 72.0 Å². The molecule has 1 fully saturated rings. The van der Waals surface area contributed by atoms with Crippen LogP contribution in [0.2, 0.25) is 0 Å². The molecule has 3 aromatic carbocycles. The smallest absolute Gasteiger partial charge is 0.338 e. The average molecular weight is 577 g/mol. The molecular formula is C36H49FN2O3. The second-order valence-corrected chi connectivity index (χ2v) is 10.4. The molecule has 1 aliphatic rings. The molecule has 0 saturated carbocycles. The van der Waals surface area contributed by atoms with Gasteiger partial charge in [0, 0.05) is 37.4 Å². The Balaban J connectivity index is 0.000000312. The number of carbonyl (C=O) groups is 2. The van der Waals surface area contributed by atoms with Crippen LogP contribution in [0.25, 0.3) is 0 Å². The first-order chi connectivity index (χ1) is 20.0. The minimum atomic E-state index is -0.248. The third-order valence-electron chi connectivity index (χ3n) is 6.81. The Morgan fingerprint density at radius 2 is 1.45 bits per heavy atom. The molecule has 0 radical (unpaired) electrons. The van der Waals surface area contributed by atoms with Crippen LogP contribution in [0.15, 0.2) is 78.4 Å². The number of allylic oxidation sites excluding steroid dienone is 2. The second-order valence-electron chi connectivity index (χ2n) is 10.4. The van der Waals surface area contributed by atoms with E-state index >= 15 is 0 Å². The van der Waals surface area contributed by atoms with Crippen molar-refractivity contribution >= 4 is 17.9 Å². The van der Waals surface area contributed by atoms with Crippen LogP contribution in [0.4, 0.5) is 10.1 Å². The number of hydrogen-bond acceptors (Lipinski definition) is 5. The van der Waals surface area contributed by atoms with E-state index in [0.29, 0.717) is 12.2 Å². The minimum absolute atomic E-state index is 0.160. The molecule has 0 spiro atoms. The van der Waals surface area contributed by atoms with Gasteiger partial charge in [-0.3, -0.25) is 4.79 Å². The molecular weight excluding hydrogens is 527 g/mol. The second kappa shape index (κ2) is 20.2. The van der Waals surface area contributed by atoms with E-state index in [4.69, 9.17) is 4.74 Å². The number of benzene rings is 3. The highest BCUT2D eigenvalue weighted by molar-refractivity contribution is 5.89. The largest absolute Gasteiger partial charge is 0.462 e.